The van der Waals surface area contributed by atoms with Gasteiger partial charge in [-0.1, -0.05) is 34.0 Å². The fraction of sp³-hybridized carbons (Fsp3) is 0.0870. The molecule has 35 heavy (non-hydrogen) atoms. The standard InChI is InChI=1S/C23H17ClN6O5/c1-11-7-14(34-29-11)10-19(31)25-17-4-2-3-12-8-18(26-20(12)17)22(32)27-16-6-5-13(24)9-15(16)21-28-23(33)35-30-21/h2-9,26H,10H2,1H3,(H,25,31)(H,27,32)(H,28,30,33). The largest absolute Gasteiger partial charge is 0.439 e. The molecule has 0 saturated carbocycles. The first-order valence-electron chi connectivity index (χ1n) is 10.4. The number of carbonyl (C=O) groups excluding carboxylic acids is 2. The number of rotatable bonds is 6. The smallest absolute Gasteiger partial charge is 0.361 e. The Morgan fingerprint density at radius 1 is 1.00 bits per heavy atom. The minimum atomic E-state index is -0.735. The van der Waals surface area contributed by atoms with E-state index >= 15 is 0 Å². The lowest BCUT2D eigenvalue weighted by Gasteiger charge is -2.09. The third kappa shape index (κ3) is 4.70. The van der Waals surface area contributed by atoms with Crippen molar-refractivity contribution >= 4 is 45.7 Å². The number of nitrogens with one attached hydrogen (secondary N) is 4. The van der Waals surface area contributed by atoms with Crippen LogP contribution in [0.5, 0.6) is 0 Å². The zero-order valence-electron chi connectivity index (χ0n) is 18.1. The molecular formula is C23H17ClN6O5. The van der Waals surface area contributed by atoms with E-state index in [1.54, 1.807) is 49.4 Å². The summed E-state index contributed by atoms with van der Waals surface area (Å²) in [5.41, 5.74) is 2.77. The molecular weight excluding hydrogens is 476 g/mol. The van der Waals surface area contributed by atoms with E-state index in [1.165, 1.54) is 0 Å². The molecule has 5 rings (SSSR count). The zero-order valence-corrected chi connectivity index (χ0v) is 18.9. The molecule has 0 atom stereocenters. The lowest BCUT2D eigenvalue weighted by atomic mass is 10.1. The molecule has 3 aromatic heterocycles. The van der Waals surface area contributed by atoms with Crippen LogP contribution >= 0.6 is 11.6 Å². The topological polar surface area (TPSA) is 159 Å². The van der Waals surface area contributed by atoms with Gasteiger partial charge >= 0.3 is 5.76 Å². The van der Waals surface area contributed by atoms with Gasteiger partial charge in [-0.3, -0.25) is 19.1 Å². The van der Waals surface area contributed by atoms with Gasteiger partial charge < -0.3 is 20.1 Å². The molecule has 2 aromatic carbocycles. The second kappa shape index (κ2) is 8.95. The van der Waals surface area contributed by atoms with Crippen molar-refractivity contribution in [2.75, 3.05) is 10.6 Å². The summed E-state index contributed by atoms with van der Waals surface area (Å²) in [5.74, 6) is -0.907. The van der Waals surface area contributed by atoms with Crippen LogP contribution in [-0.2, 0) is 11.2 Å². The van der Waals surface area contributed by atoms with E-state index in [0.717, 1.165) is 5.39 Å². The van der Waals surface area contributed by atoms with Crippen molar-refractivity contribution in [3.05, 3.63) is 81.3 Å². The highest BCUT2D eigenvalue weighted by Gasteiger charge is 2.17. The molecule has 3 heterocycles. The van der Waals surface area contributed by atoms with Crippen LogP contribution in [0.25, 0.3) is 22.3 Å². The minimum Gasteiger partial charge on any atom is -0.361 e. The van der Waals surface area contributed by atoms with Gasteiger partial charge in [0.15, 0.2) is 5.82 Å². The Morgan fingerprint density at radius 3 is 2.60 bits per heavy atom. The Morgan fingerprint density at radius 2 is 1.86 bits per heavy atom. The van der Waals surface area contributed by atoms with E-state index in [-0.39, 0.29) is 23.8 Å². The van der Waals surface area contributed by atoms with E-state index < -0.39 is 11.7 Å². The number of fused-ring (bicyclic) bond motifs is 1. The third-order valence-corrected chi connectivity index (χ3v) is 5.35. The van der Waals surface area contributed by atoms with Crippen LogP contribution in [0.3, 0.4) is 0 Å². The number of aromatic amines is 2. The predicted molar refractivity (Wildman–Crippen MR) is 127 cm³/mol. The maximum Gasteiger partial charge on any atom is 0.439 e. The first-order valence-corrected chi connectivity index (χ1v) is 10.7. The Balaban J connectivity index is 1.39. The van der Waals surface area contributed by atoms with Gasteiger partial charge in [-0.2, -0.15) is 0 Å². The average molecular weight is 493 g/mol. The molecule has 0 saturated heterocycles. The number of hydrogen-bond donors (Lipinski definition) is 4. The first-order chi connectivity index (χ1) is 16.9. The van der Waals surface area contributed by atoms with Gasteiger partial charge in [0.25, 0.3) is 5.91 Å². The highest BCUT2D eigenvalue weighted by Crippen LogP contribution is 2.29. The highest BCUT2D eigenvalue weighted by molar-refractivity contribution is 6.31. The number of anilines is 2. The van der Waals surface area contributed by atoms with E-state index in [2.05, 4.69) is 35.4 Å². The van der Waals surface area contributed by atoms with Gasteiger partial charge in [-0.05, 0) is 37.3 Å². The molecule has 0 aliphatic heterocycles. The van der Waals surface area contributed by atoms with E-state index in [0.29, 0.717) is 38.9 Å². The van der Waals surface area contributed by atoms with Gasteiger partial charge in [0.1, 0.15) is 11.5 Å². The lowest BCUT2D eigenvalue weighted by Crippen LogP contribution is -2.14. The Bertz CT molecular complexity index is 1630. The summed E-state index contributed by atoms with van der Waals surface area (Å²) in [6, 6.07) is 13.4. The summed E-state index contributed by atoms with van der Waals surface area (Å²) in [7, 11) is 0. The highest BCUT2D eigenvalue weighted by atomic mass is 35.5. The van der Waals surface area contributed by atoms with Crippen LogP contribution in [0, 0.1) is 6.92 Å². The molecule has 0 aliphatic carbocycles. The molecule has 0 spiro atoms. The number of halogens is 1. The van der Waals surface area contributed by atoms with Crippen molar-refractivity contribution in [2.45, 2.75) is 13.3 Å². The third-order valence-electron chi connectivity index (χ3n) is 5.11. The predicted octanol–water partition coefficient (Wildman–Crippen LogP) is 3.89. The fourth-order valence-corrected chi connectivity index (χ4v) is 3.76. The number of aryl methyl sites for hydroxylation is 1. The summed E-state index contributed by atoms with van der Waals surface area (Å²) in [5, 5.41) is 14.1. The van der Waals surface area contributed by atoms with Crippen molar-refractivity contribution in [3.63, 3.8) is 0 Å². The van der Waals surface area contributed by atoms with Crippen LogP contribution in [0.4, 0.5) is 11.4 Å². The van der Waals surface area contributed by atoms with Gasteiger partial charge in [-0.15, -0.1) is 0 Å². The fourth-order valence-electron chi connectivity index (χ4n) is 3.59. The van der Waals surface area contributed by atoms with Gasteiger partial charge in [0, 0.05) is 22.0 Å². The molecule has 4 N–H and O–H groups in total. The molecule has 5 aromatic rings. The molecule has 0 radical (unpaired) electrons. The molecule has 0 unspecified atom stereocenters. The molecule has 12 heteroatoms. The second-order valence-corrected chi connectivity index (χ2v) is 8.14. The molecule has 0 bridgehead atoms. The van der Waals surface area contributed by atoms with E-state index in [4.69, 9.17) is 16.1 Å². The van der Waals surface area contributed by atoms with E-state index in [1.807, 2.05) is 6.07 Å². The van der Waals surface area contributed by atoms with Gasteiger partial charge in [-0.25, -0.2) is 4.79 Å². The Labute approximate surface area is 201 Å². The number of nitrogens with zero attached hydrogens (tertiary/aromatic N) is 2. The first kappa shape index (κ1) is 22.2. The Hall–Kier alpha value is -4.64. The van der Waals surface area contributed by atoms with Crippen LogP contribution in [0.1, 0.15) is 21.9 Å². The second-order valence-electron chi connectivity index (χ2n) is 7.70. The molecule has 0 aliphatic rings. The number of H-pyrrole nitrogens is 2. The quantitative estimate of drug-likeness (QED) is 0.279. The summed E-state index contributed by atoms with van der Waals surface area (Å²) in [6.07, 6.45) is 0.0226. The normalized spacial score (nSPS) is 11.0. The number of benzene rings is 2. The molecule has 0 fully saturated rings. The van der Waals surface area contributed by atoms with Crippen molar-refractivity contribution in [2.24, 2.45) is 0 Å². The van der Waals surface area contributed by atoms with E-state index in [9.17, 15) is 14.4 Å². The number of hydrogen-bond acceptors (Lipinski definition) is 7. The molecule has 11 nitrogen and oxygen atoms in total. The summed E-state index contributed by atoms with van der Waals surface area (Å²) in [6.45, 7) is 1.77. The van der Waals surface area contributed by atoms with Gasteiger partial charge in [0.05, 0.1) is 29.0 Å². The molecule has 2 amide bonds. The van der Waals surface area contributed by atoms with Crippen LogP contribution in [0.15, 0.2) is 62.4 Å². The summed E-state index contributed by atoms with van der Waals surface area (Å²) < 4.78 is 9.65. The van der Waals surface area contributed by atoms with Crippen LogP contribution < -0.4 is 16.4 Å². The van der Waals surface area contributed by atoms with Crippen molar-refractivity contribution in [1.82, 2.24) is 20.3 Å². The number of carbonyl (C=O) groups is 2. The zero-order chi connectivity index (χ0) is 24.5. The number of aromatic nitrogens is 4. The van der Waals surface area contributed by atoms with Crippen LogP contribution in [0.2, 0.25) is 5.02 Å². The van der Waals surface area contributed by atoms with Crippen LogP contribution in [-0.4, -0.2) is 32.1 Å². The summed E-state index contributed by atoms with van der Waals surface area (Å²) >= 11 is 6.08. The van der Waals surface area contributed by atoms with Crippen molar-refractivity contribution < 1.29 is 18.6 Å². The van der Waals surface area contributed by atoms with Crippen molar-refractivity contribution in [3.8, 4) is 11.4 Å². The monoisotopic (exact) mass is 492 g/mol. The SMILES string of the molecule is Cc1cc(CC(=O)Nc2cccc3cc(C(=O)Nc4ccc(Cl)cc4-c4noc(=O)[nH]4)[nH]c23)on1. The summed E-state index contributed by atoms with van der Waals surface area (Å²) in [4.78, 5) is 42.4. The molecule has 176 valence electrons. The average Bonchev–Trinajstić information content (AvgIpc) is 3.55. The number of para-hydroxylation sites is 1. The van der Waals surface area contributed by atoms with Crippen molar-refractivity contribution in [1.29, 1.82) is 0 Å². The minimum absolute atomic E-state index is 0.0226. The maximum atomic E-state index is 13.0. The Kier molecular flexibility index (Phi) is 5.67. The lowest BCUT2D eigenvalue weighted by molar-refractivity contribution is -0.115. The number of amides is 2. The maximum absolute atomic E-state index is 13.0. The van der Waals surface area contributed by atoms with Gasteiger partial charge in [0.2, 0.25) is 5.91 Å².